The summed E-state index contributed by atoms with van der Waals surface area (Å²) in [6.45, 7) is 8.72. The second kappa shape index (κ2) is 10.1. The molecule has 0 atom stereocenters. The van der Waals surface area contributed by atoms with Crippen molar-refractivity contribution in [3.63, 3.8) is 0 Å². The van der Waals surface area contributed by atoms with E-state index in [2.05, 4.69) is 23.2 Å². The minimum absolute atomic E-state index is 0.0540. The van der Waals surface area contributed by atoms with E-state index in [1.54, 1.807) is 7.11 Å². The van der Waals surface area contributed by atoms with Crippen molar-refractivity contribution in [3.8, 4) is 17.0 Å². The number of carbonyl (C=O) groups excluding carboxylic acids is 1. The van der Waals surface area contributed by atoms with E-state index in [9.17, 15) is 4.79 Å². The molecular formula is C25H33N5O2. The zero-order chi connectivity index (χ0) is 22.5. The first-order valence-electron chi connectivity index (χ1n) is 11.5. The summed E-state index contributed by atoms with van der Waals surface area (Å²) in [4.78, 5) is 19.7. The SMILES string of the molecule is COc1ccccc1-c1nn(CCC(=O)NCCCN2CCCC2)c2nc(C)cc(C)c12. The number of ether oxygens (including phenoxy) is 1. The van der Waals surface area contributed by atoms with Crippen molar-refractivity contribution in [3.05, 3.63) is 41.6 Å². The van der Waals surface area contributed by atoms with Gasteiger partial charge in [-0.25, -0.2) is 9.67 Å². The Bertz CT molecular complexity index is 1090. The molecule has 2 aromatic heterocycles. The summed E-state index contributed by atoms with van der Waals surface area (Å²) >= 11 is 0. The summed E-state index contributed by atoms with van der Waals surface area (Å²) in [7, 11) is 1.67. The Morgan fingerprint density at radius 3 is 2.72 bits per heavy atom. The number of benzene rings is 1. The van der Waals surface area contributed by atoms with Crippen LogP contribution in [0, 0.1) is 13.8 Å². The van der Waals surface area contributed by atoms with Crippen molar-refractivity contribution in [2.75, 3.05) is 33.3 Å². The summed E-state index contributed by atoms with van der Waals surface area (Å²) < 4.78 is 7.44. The molecule has 0 unspecified atom stereocenters. The topological polar surface area (TPSA) is 72.3 Å². The van der Waals surface area contributed by atoms with E-state index in [1.165, 1.54) is 25.9 Å². The molecule has 1 saturated heterocycles. The zero-order valence-corrected chi connectivity index (χ0v) is 19.4. The Kier molecular flexibility index (Phi) is 7.05. The van der Waals surface area contributed by atoms with Crippen LogP contribution in [0.4, 0.5) is 0 Å². The first kappa shape index (κ1) is 22.3. The Balaban J connectivity index is 1.48. The van der Waals surface area contributed by atoms with E-state index >= 15 is 0 Å². The number of amides is 1. The number of rotatable bonds is 9. The van der Waals surface area contributed by atoms with Crippen molar-refractivity contribution in [1.29, 1.82) is 0 Å². The average molecular weight is 436 g/mol. The van der Waals surface area contributed by atoms with E-state index in [0.29, 0.717) is 13.0 Å². The maximum absolute atomic E-state index is 12.5. The quantitative estimate of drug-likeness (QED) is 0.519. The number of methoxy groups -OCH3 is 1. The van der Waals surface area contributed by atoms with E-state index in [4.69, 9.17) is 14.8 Å². The molecule has 3 aromatic rings. The van der Waals surface area contributed by atoms with Gasteiger partial charge in [0.25, 0.3) is 0 Å². The maximum atomic E-state index is 12.5. The molecule has 7 heteroatoms. The number of hydrogen-bond donors (Lipinski definition) is 1. The fourth-order valence-corrected chi connectivity index (χ4v) is 4.53. The number of aryl methyl sites for hydroxylation is 3. The van der Waals surface area contributed by atoms with Crippen LogP contribution >= 0.6 is 0 Å². The van der Waals surface area contributed by atoms with Crippen LogP contribution in [0.25, 0.3) is 22.3 Å². The monoisotopic (exact) mass is 435 g/mol. The Labute approximate surface area is 189 Å². The number of para-hydroxylation sites is 1. The van der Waals surface area contributed by atoms with Gasteiger partial charge in [-0.1, -0.05) is 12.1 Å². The second-order valence-electron chi connectivity index (χ2n) is 8.55. The molecule has 1 fully saturated rings. The standard InChI is InChI=1S/C25H33N5O2/c1-18-17-19(2)27-25-23(18)24(20-9-4-5-10-21(20)32-3)28-30(25)16-11-22(31)26-12-8-15-29-13-6-7-14-29/h4-5,9-10,17H,6-8,11-16H2,1-3H3,(H,26,31). The number of nitrogens with one attached hydrogen (secondary N) is 1. The van der Waals surface area contributed by atoms with E-state index < -0.39 is 0 Å². The molecule has 1 aliphatic rings. The zero-order valence-electron chi connectivity index (χ0n) is 19.4. The summed E-state index contributed by atoms with van der Waals surface area (Å²) in [6.07, 6.45) is 3.97. The van der Waals surface area contributed by atoms with Gasteiger partial charge in [0.1, 0.15) is 11.4 Å². The fourth-order valence-electron chi connectivity index (χ4n) is 4.53. The fraction of sp³-hybridized carbons (Fsp3) is 0.480. The first-order valence-corrected chi connectivity index (χ1v) is 11.5. The molecule has 0 aliphatic carbocycles. The Morgan fingerprint density at radius 1 is 1.16 bits per heavy atom. The smallest absolute Gasteiger partial charge is 0.221 e. The second-order valence-corrected chi connectivity index (χ2v) is 8.55. The summed E-state index contributed by atoms with van der Waals surface area (Å²) in [6, 6.07) is 9.95. The normalized spacial score (nSPS) is 14.2. The highest BCUT2D eigenvalue weighted by molar-refractivity contribution is 5.95. The highest BCUT2D eigenvalue weighted by atomic mass is 16.5. The maximum Gasteiger partial charge on any atom is 0.221 e. The molecule has 3 heterocycles. The molecule has 170 valence electrons. The minimum Gasteiger partial charge on any atom is -0.496 e. The molecule has 0 saturated carbocycles. The summed E-state index contributed by atoms with van der Waals surface area (Å²) in [5.74, 6) is 0.827. The minimum atomic E-state index is 0.0540. The number of nitrogens with zero attached hydrogens (tertiary/aromatic N) is 4. The van der Waals surface area contributed by atoms with Gasteiger partial charge in [0.15, 0.2) is 5.65 Å². The van der Waals surface area contributed by atoms with E-state index in [0.717, 1.165) is 58.8 Å². The lowest BCUT2D eigenvalue weighted by molar-refractivity contribution is -0.121. The lowest BCUT2D eigenvalue weighted by Gasteiger charge is -2.14. The lowest BCUT2D eigenvalue weighted by atomic mass is 10.0. The predicted molar refractivity (Wildman–Crippen MR) is 127 cm³/mol. The number of aromatic nitrogens is 3. The third-order valence-corrected chi connectivity index (χ3v) is 6.11. The van der Waals surface area contributed by atoms with Crippen molar-refractivity contribution in [2.45, 2.75) is 46.1 Å². The molecule has 1 aliphatic heterocycles. The van der Waals surface area contributed by atoms with Gasteiger partial charge in [-0.15, -0.1) is 0 Å². The highest BCUT2D eigenvalue weighted by Crippen LogP contribution is 2.35. The van der Waals surface area contributed by atoms with E-state index in [1.807, 2.05) is 35.9 Å². The molecule has 32 heavy (non-hydrogen) atoms. The highest BCUT2D eigenvalue weighted by Gasteiger charge is 2.19. The van der Waals surface area contributed by atoms with Gasteiger partial charge in [-0.05, 0) is 76.5 Å². The molecule has 1 N–H and O–H groups in total. The third-order valence-electron chi connectivity index (χ3n) is 6.11. The van der Waals surface area contributed by atoms with Gasteiger partial charge in [0.2, 0.25) is 5.91 Å². The van der Waals surface area contributed by atoms with Crippen molar-refractivity contribution in [1.82, 2.24) is 25.0 Å². The van der Waals surface area contributed by atoms with Gasteiger partial charge in [0, 0.05) is 24.2 Å². The average Bonchev–Trinajstić information content (AvgIpc) is 3.43. The third kappa shape index (κ3) is 4.93. The van der Waals surface area contributed by atoms with Gasteiger partial charge in [0.05, 0.1) is 19.0 Å². The largest absolute Gasteiger partial charge is 0.496 e. The van der Waals surface area contributed by atoms with Crippen LogP contribution in [0.15, 0.2) is 30.3 Å². The van der Waals surface area contributed by atoms with Crippen LogP contribution in [-0.4, -0.2) is 58.9 Å². The predicted octanol–water partition coefficient (Wildman–Crippen LogP) is 3.72. The summed E-state index contributed by atoms with van der Waals surface area (Å²) in [5.41, 5.74) is 4.64. The van der Waals surface area contributed by atoms with Crippen LogP contribution in [0.1, 0.15) is 36.9 Å². The lowest BCUT2D eigenvalue weighted by Crippen LogP contribution is -2.29. The van der Waals surface area contributed by atoms with Gasteiger partial charge in [-0.2, -0.15) is 5.10 Å². The van der Waals surface area contributed by atoms with Crippen molar-refractivity contribution >= 4 is 16.9 Å². The molecule has 0 radical (unpaired) electrons. The Morgan fingerprint density at radius 2 is 1.94 bits per heavy atom. The van der Waals surface area contributed by atoms with Crippen LogP contribution in [0.3, 0.4) is 0 Å². The molecule has 7 nitrogen and oxygen atoms in total. The van der Waals surface area contributed by atoms with Crippen molar-refractivity contribution in [2.24, 2.45) is 0 Å². The van der Waals surface area contributed by atoms with E-state index in [-0.39, 0.29) is 5.91 Å². The molecule has 1 amide bonds. The first-order chi connectivity index (χ1) is 15.6. The van der Waals surface area contributed by atoms with Gasteiger partial charge in [-0.3, -0.25) is 4.79 Å². The number of pyridine rings is 1. The number of likely N-dealkylation sites (tertiary alicyclic amines) is 1. The van der Waals surface area contributed by atoms with Crippen LogP contribution in [-0.2, 0) is 11.3 Å². The molecule has 1 aromatic carbocycles. The molecule has 0 spiro atoms. The Hall–Kier alpha value is -2.93. The number of fused-ring (bicyclic) bond motifs is 1. The number of carbonyl (C=O) groups is 1. The molecule has 0 bridgehead atoms. The molecule has 4 rings (SSSR count). The van der Waals surface area contributed by atoms with Gasteiger partial charge < -0.3 is 15.0 Å². The summed E-state index contributed by atoms with van der Waals surface area (Å²) in [5, 5.41) is 8.94. The van der Waals surface area contributed by atoms with Crippen molar-refractivity contribution < 1.29 is 9.53 Å². The number of hydrogen-bond acceptors (Lipinski definition) is 5. The van der Waals surface area contributed by atoms with Crippen LogP contribution in [0.2, 0.25) is 0 Å². The van der Waals surface area contributed by atoms with Crippen LogP contribution < -0.4 is 10.1 Å². The van der Waals surface area contributed by atoms with Crippen LogP contribution in [0.5, 0.6) is 5.75 Å². The molecular weight excluding hydrogens is 402 g/mol. The van der Waals surface area contributed by atoms with Gasteiger partial charge >= 0.3 is 0 Å².